The smallest absolute Gasteiger partial charge is 0.782 e. The molecule has 128 valence electrons. The van der Waals surface area contributed by atoms with Gasteiger partial charge in [0.15, 0.2) is 0 Å². The standard InChI is InChI=1S/4C2H6S3.Zr/c4*3-1-5-2-4;/h4*3-4H,1-2H2;/q;;;;+4/p-4. The van der Waals surface area contributed by atoms with Crippen LogP contribution >= 0.6 is 97.6 Å². The summed E-state index contributed by atoms with van der Waals surface area (Å²) < 4.78 is 0. The van der Waals surface area contributed by atoms with Gasteiger partial charge in [-0.25, -0.2) is 0 Å². The third-order valence-corrected chi connectivity index (χ3v) is 6.29. The normalized spacial score (nSPS) is 8.00. The molecule has 0 atom stereocenters. The molecule has 0 aliphatic carbocycles. The molecule has 0 aromatic heterocycles. The first-order valence-electron chi connectivity index (χ1n) is 4.73. The maximum Gasteiger partial charge on any atom is 4.00 e. The Hall–Kier alpha value is 5.08. The zero-order valence-electron chi connectivity index (χ0n) is 11.2. The van der Waals surface area contributed by atoms with E-state index in [9.17, 15) is 0 Å². The van der Waals surface area contributed by atoms with Crippen LogP contribution in [0.2, 0.25) is 0 Å². The van der Waals surface area contributed by atoms with Crippen LogP contribution in [0.1, 0.15) is 0 Å². The Labute approximate surface area is 211 Å². The van der Waals surface area contributed by atoms with E-state index in [4.69, 9.17) is 0 Å². The van der Waals surface area contributed by atoms with E-state index in [1.807, 2.05) is 0 Å². The Balaban J connectivity index is -0.0000000533. The van der Waals surface area contributed by atoms with Gasteiger partial charge in [0.1, 0.15) is 0 Å². The van der Waals surface area contributed by atoms with E-state index >= 15 is 0 Å². The number of thiol groups is 4. The molecular weight excluding hydrogens is 572 g/mol. The number of hydrogen-bond donors (Lipinski definition) is 4. The van der Waals surface area contributed by atoms with E-state index in [0.717, 1.165) is 40.7 Å². The van der Waals surface area contributed by atoms with Crippen LogP contribution in [-0.2, 0) is 76.7 Å². The molecule has 0 saturated carbocycles. The van der Waals surface area contributed by atoms with E-state index in [2.05, 4.69) is 101 Å². The first-order chi connectivity index (χ1) is 9.66. The van der Waals surface area contributed by atoms with E-state index in [-0.39, 0.29) is 26.2 Å². The van der Waals surface area contributed by atoms with Crippen molar-refractivity contribution in [3.8, 4) is 0 Å². The van der Waals surface area contributed by atoms with E-state index in [1.54, 1.807) is 47.0 Å². The van der Waals surface area contributed by atoms with Crippen molar-refractivity contribution in [2.24, 2.45) is 0 Å². The molecule has 0 nitrogen and oxygen atoms in total. The molecule has 0 saturated heterocycles. The summed E-state index contributed by atoms with van der Waals surface area (Å²) in [6, 6.07) is 0. The van der Waals surface area contributed by atoms with Gasteiger partial charge in [-0.3, -0.25) is 0 Å². The van der Waals surface area contributed by atoms with Crippen molar-refractivity contribution >= 4 is 148 Å². The fourth-order valence-corrected chi connectivity index (χ4v) is 4.02. The molecule has 0 heterocycles. The van der Waals surface area contributed by atoms with Gasteiger partial charge in [0.2, 0.25) is 0 Å². The van der Waals surface area contributed by atoms with Gasteiger partial charge in [0.25, 0.3) is 0 Å². The Morgan fingerprint density at radius 1 is 0.476 bits per heavy atom. The molecule has 0 spiro atoms. The second-order valence-electron chi connectivity index (χ2n) is 1.80. The third kappa shape index (κ3) is 78.1. The van der Waals surface area contributed by atoms with Crippen molar-refractivity contribution in [2.75, 3.05) is 40.7 Å². The summed E-state index contributed by atoms with van der Waals surface area (Å²) in [5, 5.41) is 6.47. The second kappa shape index (κ2) is 49.9. The van der Waals surface area contributed by atoms with Crippen molar-refractivity contribution in [2.45, 2.75) is 0 Å². The molecular formula is C8H20S12Zr. The zero-order chi connectivity index (χ0) is 16.5. The van der Waals surface area contributed by atoms with E-state index in [1.165, 1.54) is 0 Å². The van der Waals surface area contributed by atoms with Crippen molar-refractivity contribution in [3.05, 3.63) is 0 Å². The van der Waals surface area contributed by atoms with Crippen LogP contribution in [0.5, 0.6) is 0 Å². The van der Waals surface area contributed by atoms with Crippen molar-refractivity contribution in [1.82, 2.24) is 0 Å². The van der Waals surface area contributed by atoms with E-state index in [0.29, 0.717) is 0 Å². The average molecular weight is 592 g/mol. The molecule has 0 fully saturated rings. The molecule has 0 amide bonds. The SMILES string of the molecule is [S-]CSCS.[S-]CSCS.[S-]CSCS.[S-]CSCS.[Zr+4]. The van der Waals surface area contributed by atoms with Gasteiger partial charge in [-0.15, -0.1) is 20.3 Å². The molecule has 0 aromatic carbocycles. The van der Waals surface area contributed by atoms with Crippen LogP contribution < -0.4 is 0 Å². The largest absolute Gasteiger partial charge is 4.00 e. The third-order valence-electron chi connectivity index (χ3n) is 0.698. The molecule has 0 bridgehead atoms. The minimum Gasteiger partial charge on any atom is -0.782 e. The van der Waals surface area contributed by atoms with Gasteiger partial charge in [0.05, 0.1) is 0 Å². The van der Waals surface area contributed by atoms with Gasteiger partial charge in [-0.05, 0) is 0 Å². The minimum absolute atomic E-state index is 0. The maximum absolute atomic E-state index is 4.57. The quantitative estimate of drug-likeness (QED) is 0.183. The Bertz CT molecular complexity index is 79.3. The first kappa shape index (κ1) is 36.9. The Morgan fingerprint density at radius 3 is 0.619 bits per heavy atom. The minimum atomic E-state index is 0. The van der Waals surface area contributed by atoms with Gasteiger partial charge in [-0.2, -0.15) is 97.6 Å². The van der Waals surface area contributed by atoms with Crippen LogP contribution in [0.15, 0.2) is 0 Å². The number of hydrogen-bond acceptors (Lipinski definition) is 12. The second-order valence-corrected chi connectivity index (χ2v) is 11.3. The fourth-order valence-electron chi connectivity index (χ4n) is 0.149. The summed E-state index contributed by atoms with van der Waals surface area (Å²) in [7, 11) is 0. The monoisotopic (exact) mass is 590 g/mol. The van der Waals surface area contributed by atoms with Crippen LogP contribution in [0, 0.1) is 0 Å². The summed E-state index contributed by atoms with van der Waals surface area (Å²) in [6.45, 7) is 0. The van der Waals surface area contributed by atoms with Crippen molar-refractivity contribution < 1.29 is 26.2 Å². The van der Waals surface area contributed by atoms with Crippen molar-refractivity contribution in [3.63, 3.8) is 0 Å². The van der Waals surface area contributed by atoms with Gasteiger partial charge in [0, 0.05) is 20.3 Å². The molecule has 0 N–H and O–H groups in total. The Kier molecular flexibility index (Phi) is 87.6. The number of thioether (sulfide) groups is 4. The number of rotatable bonds is 8. The molecule has 0 aromatic rings. The Morgan fingerprint density at radius 2 is 0.619 bits per heavy atom. The molecule has 0 aliphatic rings. The summed E-state index contributed by atoms with van der Waals surface area (Å²) in [5.41, 5.74) is 0. The topological polar surface area (TPSA) is 0 Å². The predicted octanol–water partition coefficient (Wildman–Crippen LogP) is 4.44. The van der Waals surface area contributed by atoms with Gasteiger partial charge < -0.3 is 50.5 Å². The van der Waals surface area contributed by atoms with Crippen LogP contribution in [0.3, 0.4) is 0 Å². The fraction of sp³-hybridized carbons (Fsp3) is 1.00. The molecule has 0 aliphatic heterocycles. The molecule has 0 unspecified atom stereocenters. The van der Waals surface area contributed by atoms with E-state index < -0.39 is 0 Å². The molecule has 13 heteroatoms. The summed E-state index contributed by atoms with van der Waals surface area (Å²) in [6.07, 6.45) is 0. The van der Waals surface area contributed by atoms with Gasteiger partial charge >= 0.3 is 26.2 Å². The van der Waals surface area contributed by atoms with Crippen LogP contribution in [0.4, 0.5) is 0 Å². The summed E-state index contributed by atoms with van der Waals surface area (Å²) in [5.74, 6) is 0. The van der Waals surface area contributed by atoms with Crippen LogP contribution in [0.25, 0.3) is 0 Å². The maximum atomic E-state index is 4.57. The molecule has 0 rings (SSSR count). The predicted molar refractivity (Wildman–Crippen MR) is 135 cm³/mol. The zero-order valence-corrected chi connectivity index (χ0v) is 23.8. The van der Waals surface area contributed by atoms with Gasteiger partial charge in [-0.1, -0.05) is 0 Å². The summed E-state index contributed by atoms with van der Waals surface area (Å²) >= 11 is 40.4. The first-order valence-corrected chi connectivity index (χ1v) is 14.2. The average Bonchev–Trinajstić information content (AvgIpc) is 2.44. The van der Waals surface area contributed by atoms with Crippen molar-refractivity contribution in [1.29, 1.82) is 0 Å². The summed E-state index contributed by atoms with van der Waals surface area (Å²) in [4.78, 5) is 0. The molecule has 21 heavy (non-hydrogen) atoms. The molecule has 0 radical (unpaired) electrons. The van der Waals surface area contributed by atoms with Crippen LogP contribution in [-0.4, -0.2) is 40.7 Å².